The van der Waals surface area contributed by atoms with Gasteiger partial charge in [0.25, 0.3) is 0 Å². The molecule has 1 aliphatic heterocycles. The van der Waals surface area contributed by atoms with Gasteiger partial charge in [0.1, 0.15) is 0 Å². The quantitative estimate of drug-likeness (QED) is 0.870. The fourth-order valence-corrected chi connectivity index (χ4v) is 3.19. The van der Waals surface area contributed by atoms with Gasteiger partial charge in [-0.25, -0.2) is 0 Å². The molecule has 3 atom stereocenters. The summed E-state index contributed by atoms with van der Waals surface area (Å²) in [7, 11) is 0. The molecule has 0 spiro atoms. The fraction of sp³-hybridized carbons (Fsp3) is 0.812. The molecule has 4 heteroatoms. The number of hydrogen-bond donors (Lipinski definition) is 1. The smallest absolute Gasteiger partial charge is 0.0775 e. The van der Waals surface area contributed by atoms with Crippen molar-refractivity contribution in [3.63, 3.8) is 0 Å². The van der Waals surface area contributed by atoms with Crippen molar-refractivity contribution in [2.45, 2.75) is 84.6 Å². The van der Waals surface area contributed by atoms with E-state index >= 15 is 0 Å². The highest BCUT2D eigenvalue weighted by atomic mass is 16.5. The summed E-state index contributed by atoms with van der Waals surface area (Å²) in [5.74, 6) is 0. The van der Waals surface area contributed by atoms with E-state index in [0.717, 1.165) is 32.2 Å². The van der Waals surface area contributed by atoms with Gasteiger partial charge in [-0.05, 0) is 51.5 Å². The molecule has 1 fully saturated rings. The number of nitrogens with zero attached hydrogens (tertiary/aromatic N) is 2. The first-order valence-electron chi connectivity index (χ1n) is 8.03. The van der Waals surface area contributed by atoms with E-state index in [1.54, 1.807) is 0 Å². The molecule has 3 unspecified atom stereocenters. The molecule has 20 heavy (non-hydrogen) atoms. The Morgan fingerprint density at radius 2 is 2.10 bits per heavy atom. The lowest BCUT2D eigenvalue weighted by atomic mass is 10.0. The summed E-state index contributed by atoms with van der Waals surface area (Å²) in [6.07, 6.45) is 5.95. The lowest BCUT2D eigenvalue weighted by Crippen LogP contribution is -2.21. The maximum Gasteiger partial charge on any atom is 0.0775 e. The van der Waals surface area contributed by atoms with Crippen LogP contribution in [0.2, 0.25) is 0 Å². The summed E-state index contributed by atoms with van der Waals surface area (Å²) in [4.78, 5) is 0. The average Bonchev–Trinajstić information content (AvgIpc) is 2.93. The second-order valence-corrected chi connectivity index (χ2v) is 6.09. The van der Waals surface area contributed by atoms with E-state index in [1.165, 1.54) is 23.4 Å². The maximum absolute atomic E-state index is 6.00. The zero-order chi connectivity index (χ0) is 14.7. The highest BCUT2D eigenvalue weighted by Crippen LogP contribution is 2.23. The van der Waals surface area contributed by atoms with Crippen molar-refractivity contribution in [3.05, 3.63) is 17.0 Å². The second-order valence-electron chi connectivity index (χ2n) is 6.09. The minimum Gasteiger partial charge on any atom is -0.373 e. The lowest BCUT2D eigenvalue weighted by molar-refractivity contribution is 0.0431. The first-order valence-corrected chi connectivity index (χ1v) is 8.03. The van der Waals surface area contributed by atoms with Gasteiger partial charge in [-0.15, -0.1) is 0 Å². The van der Waals surface area contributed by atoms with Crippen LogP contribution in [0.15, 0.2) is 0 Å². The van der Waals surface area contributed by atoms with Crippen LogP contribution < -0.4 is 5.73 Å². The molecule has 1 aromatic heterocycles. The van der Waals surface area contributed by atoms with E-state index in [0.29, 0.717) is 12.2 Å². The molecule has 1 aromatic rings. The van der Waals surface area contributed by atoms with Crippen LogP contribution in [0.25, 0.3) is 0 Å². The minimum absolute atomic E-state index is 0.186. The Balaban J connectivity index is 2.21. The Bertz CT molecular complexity index is 439. The van der Waals surface area contributed by atoms with Crippen LogP contribution >= 0.6 is 0 Å². The van der Waals surface area contributed by atoms with Crippen molar-refractivity contribution >= 4 is 0 Å². The molecule has 2 rings (SSSR count). The van der Waals surface area contributed by atoms with Gasteiger partial charge in [0.2, 0.25) is 0 Å². The maximum atomic E-state index is 6.00. The zero-order valence-electron chi connectivity index (χ0n) is 13.4. The van der Waals surface area contributed by atoms with Crippen molar-refractivity contribution in [3.8, 4) is 0 Å². The molecule has 2 heterocycles. The first kappa shape index (κ1) is 15.5. The van der Waals surface area contributed by atoms with E-state index in [4.69, 9.17) is 15.6 Å². The van der Waals surface area contributed by atoms with E-state index < -0.39 is 0 Å². The van der Waals surface area contributed by atoms with Gasteiger partial charge in [-0.2, -0.15) is 5.10 Å². The van der Waals surface area contributed by atoms with E-state index in [1.807, 2.05) is 0 Å². The number of hydrogen-bond acceptors (Lipinski definition) is 3. The average molecular weight is 279 g/mol. The standard InChI is InChI=1S/C16H29N3O/c1-5-15-14(9-11(3)17)16(6-2)19(18-15)10-13-8-7-12(4)20-13/h11-13H,5-10,17H2,1-4H3. The van der Waals surface area contributed by atoms with Gasteiger partial charge in [0.15, 0.2) is 0 Å². The molecule has 114 valence electrons. The van der Waals surface area contributed by atoms with E-state index in [9.17, 15) is 0 Å². The molecular weight excluding hydrogens is 250 g/mol. The number of ether oxygens (including phenoxy) is 1. The van der Waals surface area contributed by atoms with Gasteiger partial charge in [-0.1, -0.05) is 13.8 Å². The normalized spacial score (nSPS) is 24.2. The summed E-state index contributed by atoms with van der Waals surface area (Å²) < 4.78 is 8.12. The third-order valence-corrected chi connectivity index (χ3v) is 4.14. The Morgan fingerprint density at radius 3 is 2.60 bits per heavy atom. The third-order valence-electron chi connectivity index (χ3n) is 4.14. The van der Waals surface area contributed by atoms with Gasteiger partial charge in [0, 0.05) is 11.7 Å². The Labute approximate surface area is 122 Å². The molecule has 1 aliphatic rings. The van der Waals surface area contributed by atoms with Gasteiger partial charge in [-0.3, -0.25) is 4.68 Å². The van der Waals surface area contributed by atoms with Crippen LogP contribution in [-0.2, 0) is 30.5 Å². The largest absolute Gasteiger partial charge is 0.373 e. The van der Waals surface area contributed by atoms with Crippen molar-refractivity contribution in [2.75, 3.05) is 0 Å². The highest BCUT2D eigenvalue weighted by Gasteiger charge is 2.24. The molecule has 0 aliphatic carbocycles. The number of aromatic nitrogens is 2. The van der Waals surface area contributed by atoms with Crippen LogP contribution in [0.1, 0.15) is 57.5 Å². The monoisotopic (exact) mass is 279 g/mol. The van der Waals surface area contributed by atoms with Gasteiger partial charge >= 0.3 is 0 Å². The molecule has 0 aromatic carbocycles. The summed E-state index contributed by atoms with van der Waals surface area (Å²) in [6.45, 7) is 9.49. The lowest BCUT2D eigenvalue weighted by Gasteiger charge is -2.14. The van der Waals surface area contributed by atoms with Crippen molar-refractivity contribution < 1.29 is 4.74 Å². The van der Waals surface area contributed by atoms with Crippen LogP contribution in [0, 0.1) is 0 Å². The van der Waals surface area contributed by atoms with Crippen LogP contribution in [0.5, 0.6) is 0 Å². The summed E-state index contributed by atoms with van der Waals surface area (Å²) in [5.41, 5.74) is 9.93. The molecule has 0 amide bonds. The van der Waals surface area contributed by atoms with Gasteiger partial charge in [0.05, 0.1) is 24.4 Å². The Hall–Kier alpha value is -0.870. The molecule has 4 nitrogen and oxygen atoms in total. The Kier molecular flexibility index (Phi) is 5.22. The number of aryl methyl sites for hydroxylation is 1. The third kappa shape index (κ3) is 3.41. The van der Waals surface area contributed by atoms with Crippen LogP contribution in [0.3, 0.4) is 0 Å². The number of nitrogens with two attached hydrogens (primary N) is 1. The molecule has 2 N–H and O–H groups in total. The van der Waals surface area contributed by atoms with Crippen LogP contribution in [0.4, 0.5) is 0 Å². The summed E-state index contributed by atoms with van der Waals surface area (Å²) in [6, 6.07) is 0.186. The van der Waals surface area contributed by atoms with E-state index in [2.05, 4.69) is 32.4 Å². The Morgan fingerprint density at radius 1 is 1.35 bits per heavy atom. The summed E-state index contributed by atoms with van der Waals surface area (Å²) >= 11 is 0. The van der Waals surface area contributed by atoms with Crippen molar-refractivity contribution in [1.29, 1.82) is 0 Å². The topological polar surface area (TPSA) is 53.1 Å². The number of rotatable bonds is 6. The minimum atomic E-state index is 0.186. The molecular formula is C16H29N3O. The summed E-state index contributed by atoms with van der Waals surface area (Å²) in [5, 5.41) is 4.82. The predicted octanol–water partition coefficient (Wildman–Crippen LogP) is 2.47. The fourth-order valence-electron chi connectivity index (χ4n) is 3.19. The first-order chi connectivity index (χ1) is 9.55. The molecule has 0 radical (unpaired) electrons. The van der Waals surface area contributed by atoms with Gasteiger partial charge < -0.3 is 10.5 Å². The highest BCUT2D eigenvalue weighted by molar-refractivity contribution is 5.28. The second kappa shape index (κ2) is 6.72. The molecule has 1 saturated heterocycles. The molecule has 0 bridgehead atoms. The van der Waals surface area contributed by atoms with Crippen molar-refractivity contribution in [2.24, 2.45) is 5.73 Å². The predicted molar refractivity (Wildman–Crippen MR) is 81.9 cm³/mol. The van der Waals surface area contributed by atoms with Crippen LogP contribution in [-0.4, -0.2) is 28.0 Å². The molecule has 0 saturated carbocycles. The van der Waals surface area contributed by atoms with E-state index in [-0.39, 0.29) is 6.04 Å². The SMILES string of the molecule is CCc1nn(CC2CCC(C)O2)c(CC)c1CC(C)N. The zero-order valence-corrected chi connectivity index (χ0v) is 13.4. The van der Waals surface area contributed by atoms with Crippen molar-refractivity contribution in [1.82, 2.24) is 9.78 Å².